The molecule has 2 heteroatoms. The van der Waals surface area contributed by atoms with Crippen LogP contribution in [0.1, 0.15) is 55.4 Å². The number of rotatable bonds is 1. The summed E-state index contributed by atoms with van der Waals surface area (Å²) in [6.07, 6.45) is 1.36. The number of hydrogen-bond donors (Lipinski definition) is 1. The van der Waals surface area contributed by atoms with Gasteiger partial charge in [0.2, 0.25) is 0 Å². The van der Waals surface area contributed by atoms with Gasteiger partial charge in [-0.05, 0) is 36.8 Å². The molecule has 1 aromatic rings. The molecule has 0 aliphatic carbocycles. The molecule has 1 N–H and O–H groups in total. The van der Waals surface area contributed by atoms with E-state index in [0.29, 0.717) is 12.5 Å². The van der Waals surface area contributed by atoms with Crippen LogP contribution in [0.3, 0.4) is 0 Å². The predicted octanol–water partition coefficient (Wildman–Crippen LogP) is 3.32. The van der Waals surface area contributed by atoms with Crippen molar-refractivity contribution in [2.45, 2.75) is 45.6 Å². The molecule has 1 aromatic carbocycles. The Labute approximate surface area is 97.3 Å². The van der Waals surface area contributed by atoms with Crippen LogP contribution < -0.4 is 4.74 Å². The van der Waals surface area contributed by atoms with Crippen LogP contribution in [0, 0.1) is 6.92 Å². The predicted molar refractivity (Wildman–Crippen MR) is 65.0 cm³/mol. The number of hydrogen-bond acceptors (Lipinski definition) is 2. The van der Waals surface area contributed by atoms with Crippen LogP contribution >= 0.6 is 0 Å². The molecule has 1 heterocycles. The number of fused-ring (bicyclic) bond motifs is 1. The van der Waals surface area contributed by atoms with Gasteiger partial charge in [-0.3, -0.25) is 0 Å². The topological polar surface area (TPSA) is 29.5 Å². The Balaban J connectivity index is 2.59. The van der Waals surface area contributed by atoms with Gasteiger partial charge in [-0.1, -0.05) is 26.0 Å². The molecule has 0 aromatic heterocycles. The van der Waals surface area contributed by atoms with Crippen LogP contribution in [-0.4, -0.2) is 11.7 Å². The van der Waals surface area contributed by atoms with E-state index in [1.165, 1.54) is 5.56 Å². The highest BCUT2D eigenvalue weighted by Crippen LogP contribution is 2.39. The summed E-state index contributed by atoms with van der Waals surface area (Å²) in [5, 5.41) is 10.2. The van der Waals surface area contributed by atoms with E-state index in [1.54, 1.807) is 0 Å². The fourth-order valence-corrected chi connectivity index (χ4v) is 2.36. The molecule has 0 radical (unpaired) electrons. The first-order chi connectivity index (χ1) is 7.61. The standard InChI is InChI=1S/C14H20O2/c1-9(2)11-7-6-10(3)14-13(11)12(15)5-4-8-16-14/h6-7,9,12,15H,4-5,8H2,1-3H3. The molecule has 0 amide bonds. The first kappa shape index (κ1) is 11.5. The smallest absolute Gasteiger partial charge is 0.128 e. The van der Waals surface area contributed by atoms with Crippen molar-refractivity contribution in [3.05, 3.63) is 28.8 Å². The Morgan fingerprint density at radius 2 is 2.12 bits per heavy atom. The maximum absolute atomic E-state index is 10.2. The van der Waals surface area contributed by atoms with Crippen molar-refractivity contribution in [3.8, 4) is 5.75 Å². The van der Waals surface area contributed by atoms with Crippen molar-refractivity contribution in [3.63, 3.8) is 0 Å². The molecular formula is C14H20O2. The average molecular weight is 220 g/mol. The molecule has 88 valence electrons. The van der Waals surface area contributed by atoms with Crippen LogP contribution in [0.15, 0.2) is 12.1 Å². The lowest BCUT2D eigenvalue weighted by molar-refractivity contribution is 0.166. The highest BCUT2D eigenvalue weighted by molar-refractivity contribution is 5.48. The summed E-state index contributed by atoms with van der Waals surface area (Å²) in [4.78, 5) is 0. The second-order valence-corrected chi connectivity index (χ2v) is 4.88. The molecule has 1 atom stereocenters. The average Bonchev–Trinajstić information content (AvgIpc) is 2.42. The van der Waals surface area contributed by atoms with E-state index in [4.69, 9.17) is 4.74 Å². The van der Waals surface area contributed by atoms with Gasteiger partial charge < -0.3 is 9.84 Å². The lowest BCUT2D eigenvalue weighted by Crippen LogP contribution is -2.05. The van der Waals surface area contributed by atoms with Crippen LogP contribution in [0.5, 0.6) is 5.75 Å². The van der Waals surface area contributed by atoms with E-state index in [-0.39, 0.29) is 6.10 Å². The molecule has 0 saturated carbocycles. The summed E-state index contributed by atoms with van der Waals surface area (Å²) in [6.45, 7) is 7.07. The highest BCUT2D eigenvalue weighted by Gasteiger charge is 2.23. The summed E-state index contributed by atoms with van der Waals surface area (Å²) in [7, 11) is 0. The van der Waals surface area contributed by atoms with Gasteiger partial charge in [0, 0.05) is 5.56 Å². The van der Waals surface area contributed by atoms with Gasteiger partial charge in [-0.15, -0.1) is 0 Å². The van der Waals surface area contributed by atoms with E-state index in [0.717, 1.165) is 29.7 Å². The lowest BCUT2D eigenvalue weighted by Gasteiger charge is -2.20. The Hall–Kier alpha value is -1.02. The van der Waals surface area contributed by atoms with Crippen molar-refractivity contribution in [1.29, 1.82) is 0 Å². The summed E-state index contributed by atoms with van der Waals surface area (Å²) < 4.78 is 5.78. The van der Waals surface area contributed by atoms with Crippen molar-refractivity contribution in [1.82, 2.24) is 0 Å². The Kier molecular flexibility index (Phi) is 3.20. The minimum absolute atomic E-state index is 0.366. The highest BCUT2D eigenvalue weighted by atomic mass is 16.5. The molecule has 0 saturated heterocycles. The van der Waals surface area contributed by atoms with E-state index in [2.05, 4.69) is 26.0 Å². The monoisotopic (exact) mass is 220 g/mol. The normalized spacial score (nSPS) is 20.2. The largest absolute Gasteiger partial charge is 0.493 e. The van der Waals surface area contributed by atoms with E-state index in [9.17, 15) is 5.11 Å². The second kappa shape index (κ2) is 4.46. The first-order valence-electron chi connectivity index (χ1n) is 6.05. The third-order valence-electron chi connectivity index (χ3n) is 3.25. The zero-order chi connectivity index (χ0) is 11.7. The third-order valence-corrected chi connectivity index (χ3v) is 3.25. The van der Waals surface area contributed by atoms with Gasteiger partial charge in [0.1, 0.15) is 5.75 Å². The second-order valence-electron chi connectivity index (χ2n) is 4.88. The number of benzene rings is 1. The van der Waals surface area contributed by atoms with Gasteiger partial charge in [-0.2, -0.15) is 0 Å². The molecule has 1 unspecified atom stereocenters. The SMILES string of the molecule is Cc1ccc(C(C)C)c2c1OCCCC2O. The van der Waals surface area contributed by atoms with E-state index >= 15 is 0 Å². The minimum Gasteiger partial charge on any atom is -0.493 e. The quantitative estimate of drug-likeness (QED) is 0.786. The van der Waals surface area contributed by atoms with Crippen LogP contribution in [0.25, 0.3) is 0 Å². The van der Waals surface area contributed by atoms with Gasteiger partial charge in [0.15, 0.2) is 0 Å². The van der Waals surface area contributed by atoms with Crippen molar-refractivity contribution in [2.75, 3.05) is 6.61 Å². The fourth-order valence-electron chi connectivity index (χ4n) is 2.36. The van der Waals surface area contributed by atoms with Gasteiger partial charge in [-0.25, -0.2) is 0 Å². The number of aryl methyl sites for hydroxylation is 1. The zero-order valence-electron chi connectivity index (χ0n) is 10.3. The van der Waals surface area contributed by atoms with Crippen molar-refractivity contribution < 1.29 is 9.84 Å². The molecule has 0 bridgehead atoms. The first-order valence-corrected chi connectivity index (χ1v) is 6.05. The number of aliphatic hydroxyl groups excluding tert-OH is 1. The molecule has 1 aliphatic rings. The molecule has 2 rings (SSSR count). The molecule has 1 aliphatic heterocycles. The summed E-state index contributed by atoms with van der Waals surface area (Å²) in [6, 6.07) is 4.21. The lowest BCUT2D eigenvalue weighted by atomic mass is 9.90. The molecule has 16 heavy (non-hydrogen) atoms. The van der Waals surface area contributed by atoms with Crippen LogP contribution in [0.2, 0.25) is 0 Å². The summed E-state index contributed by atoms with van der Waals surface area (Å²) in [5.74, 6) is 1.34. The van der Waals surface area contributed by atoms with Crippen LogP contribution in [-0.2, 0) is 0 Å². The number of aliphatic hydroxyl groups is 1. The van der Waals surface area contributed by atoms with E-state index in [1.807, 2.05) is 6.92 Å². The summed E-state index contributed by atoms with van der Waals surface area (Å²) in [5.41, 5.74) is 3.36. The third kappa shape index (κ3) is 1.94. The zero-order valence-corrected chi connectivity index (χ0v) is 10.3. The van der Waals surface area contributed by atoms with Crippen LogP contribution in [0.4, 0.5) is 0 Å². The molecular weight excluding hydrogens is 200 g/mol. The van der Waals surface area contributed by atoms with E-state index < -0.39 is 0 Å². The molecule has 2 nitrogen and oxygen atoms in total. The van der Waals surface area contributed by atoms with Crippen molar-refractivity contribution in [2.24, 2.45) is 0 Å². The maximum atomic E-state index is 10.2. The molecule has 0 spiro atoms. The van der Waals surface area contributed by atoms with Gasteiger partial charge >= 0.3 is 0 Å². The summed E-state index contributed by atoms with van der Waals surface area (Å²) >= 11 is 0. The Morgan fingerprint density at radius 3 is 2.81 bits per heavy atom. The van der Waals surface area contributed by atoms with Crippen molar-refractivity contribution >= 4 is 0 Å². The van der Waals surface area contributed by atoms with Gasteiger partial charge in [0.05, 0.1) is 12.7 Å². The Bertz CT molecular complexity index is 383. The fraction of sp³-hybridized carbons (Fsp3) is 0.571. The van der Waals surface area contributed by atoms with Gasteiger partial charge in [0.25, 0.3) is 0 Å². The Morgan fingerprint density at radius 1 is 1.38 bits per heavy atom. The maximum Gasteiger partial charge on any atom is 0.128 e. The molecule has 0 fully saturated rings. The minimum atomic E-state index is -0.366. The number of ether oxygens (including phenoxy) is 1.